The molecule has 5 rings (SSSR count). The highest BCUT2D eigenvalue weighted by Gasteiger charge is 2.43. The molecule has 1 fully saturated rings. The third-order valence-corrected chi connectivity index (χ3v) is 7.70. The molecule has 3 heterocycles. The van der Waals surface area contributed by atoms with Crippen molar-refractivity contribution in [1.29, 1.82) is 0 Å². The van der Waals surface area contributed by atoms with Gasteiger partial charge in [0.25, 0.3) is 0 Å². The topological polar surface area (TPSA) is 124 Å². The van der Waals surface area contributed by atoms with Gasteiger partial charge in [0.1, 0.15) is 17.9 Å². The van der Waals surface area contributed by atoms with Gasteiger partial charge in [0, 0.05) is 25.5 Å². The van der Waals surface area contributed by atoms with E-state index in [0.29, 0.717) is 12.1 Å². The number of nitrogens with one attached hydrogen (secondary N) is 1. The molecular weight excluding hydrogens is 453 g/mol. The fourth-order valence-electron chi connectivity index (χ4n) is 5.73. The maximum absolute atomic E-state index is 15.5. The van der Waals surface area contributed by atoms with E-state index in [9.17, 15) is 14.7 Å². The van der Waals surface area contributed by atoms with Gasteiger partial charge in [0.05, 0.1) is 27.8 Å². The summed E-state index contributed by atoms with van der Waals surface area (Å²) in [5.74, 6) is -1.94. The molecule has 1 spiro atoms. The lowest BCUT2D eigenvalue weighted by Gasteiger charge is -2.39. The lowest BCUT2D eigenvalue weighted by Crippen LogP contribution is -2.42. The van der Waals surface area contributed by atoms with Gasteiger partial charge in [-0.25, -0.2) is 9.18 Å². The van der Waals surface area contributed by atoms with Crippen molar-refractivity contribution in [2.75, 3.05) is 24.2 Å². The van der Waals surface area contributed by atoms with Crippen LogP contribution in [0.2, 0.25) is 0 Å². The van der Waals surface area contributed by atoms with Gasteiger partial charge in [-0.3, -0.25) is 9.48 Å². The van der Waals surface area contributed by atoms with Crippen LogP contribution in [-0.4, -0.2) is 38.6 Å². The molecule has 0 bridgehead atoms. The minimum Gasteiger partial charge on any atom is -0.487 e. The van der Waals surface area contributed by atoms with Crippen molar-refractivity contribution in [1.82, 2.24) is 14.3 Å². The van der Waals surface area contributed by atoms with Gasteiger partial charge >= 0.3 is 5.97 Å². The fourth-order valence-corrected chi connectivity index (χ4v) is 5.73. The highest BCUT2D eigenvalue weighted by atomic mass is 19.1. The van der Waals surface area contributed by atoms with Crippen LogP contribution in [0.25, 0.3) is 10.9 Å². The smallest absolute Gasteiger partial charge is 0.341 e. The number of hydrogen-bond donors (Lipinski definition) is 3. The van der Waals surface area contributed by atoms with E-state index < -0.39 is 28.3 Å². The number of hydrogen-bond acceptors (Lipinski definition) is 6. The van der Waals surface area contributed by atoms with Gasteiger partial charge in [-0.05, 0) is 45.1 Å². The fraction of sp³-hybridized carbons (Fsp3) is 0.480. The van der Waals surface area contributed by atoms with Gasteiger partial charge in [-0.1, -0.05) is 12.8 Å². The summed E-state index contributed by atoms with van der Waals surface area (Å²) in [6, 6.07) is 0. The van der Waals surface area contributed by atoms with E-state index in [1.54, 1.807) is 0 Å². The Morgan fingerprint density at radius 2 is 2.06 bits per heavy atom. The van der Waals surface area contributed by atoms with Crippen LogP contribution in [0, 0.1) is 19.7 Å². The van der Waals surface area contributed by atoms with Crippen LogP contribution in [0.5, 0.6) is 5.75 Å². The number of carboxylic acids is 1. The van der Waals surface area contributed by atoms with E-state index in [1.165, 1.54) is 11.8 Å². The maximum Gasteiger partial charge on any atom is 0.341 e. The second kappa shape index (κ2) is 8.28. The molecule has 2 aliphatic rings. The number of nitrogens with two attached hydrogens (primary N) is 1. The number of rotatable bonds is 6. The molecule has 1 aliphatic heterocycles. The summed E-state index contributed by atoms with van der Waals surface area (Å²) in [6.07, 6.45) is 6.38. The number of anilines is 2. The summed E-state index contributed by atoms with van der Waals surface area (Å²) in [5, 5.41) is 17.1. The van der Waals surface area contributed by atoms with E-state index in [-0.39, 0.29) is 29.1 Å². The number of ether oxygens (including phenoxy) is 1. The molecule has 186 valence electrons. The average molecular weight is 484 g/mol. The number of benzene rings is 1. The maximum atomic E-state index is 15.5. The summed E-state index contributed by atoms with van der Waals surface area (Å²) < 4.78 is 25.3. The molecule has 3 aromatic rings. The molecule has 0 radical (unpaired) electrons. The Kier molecular flexibility index (Phi) is 5.49. The quantitative estimate of drug-likeness (QED) is 0.362. The van der Waals surface area contributed by atoms with Crippen LogP contribution >= 0.6 is 0 Å². The van der Waals surface area contributed by atoms with E-state index in [1.807, 2.05) is 30.1 Å². The first-order chi connectivity index (χ1) is 16.7. The molecule has 1 aliphatic carbocycles. The number of fused-ring (bicyclic) bond motifs is 1. The van der Waals surface area contributed by atoms with Crippen LogP contribution in [0.1, 0.15) is 59.4 Å². The first kappa shape index (κ1) is 23.2. The first-order valence-corrected chi connectivity index (χ1v) is 12.0. The number of halogens is 1. The molecule has 1 saturated carbocycles. The minimum absolute atomic E-state index is 0.110. The Labute approximate surface area is 201 Å². The zero-order chi connectivity index (χ0) is 25.1. The summed E-state index contributed by atoms with van der Waals surface area (Å²) in [7, 11) is 1.91. The van der Waals surface area contributed by atoms with Crippen molar-refractivity contribution in [3.63, 3.8) is 0 Å². The highest BCUT2D eigenvalue weighted by Crippen LogP contribution is 2.48. The largest absolute Gasteiger partial charge is 0.487 e. The number of nitrogen functional groups attached to an aromatic ring is 1. The van der Waals surface area contributed by atoms with Crippen LogP contribution in [-0.2, 0) is 19.0 Å². The average Bonchev–Trinajstić information content (AvgIpc) is 3.38. The monoisotopic (exact) mass is 483 g/mol. The Morgan fingerprint density at radius 1 is 1.34 bits per heavy atom. The Hall–Kier alpha value is -3.56. The zero-order valence-electron chi connectivity index (χ0n) is 20.2. The highest BCUT2D eigenvalue weighted by molar-refractivity contribution is 6.03. The Bertz CT molecular complexity index is 1420. The van der Waals surface area contributed by atoms with Crippen molar-refractivity contribution < 1.29 is 19.0 Å². The lowest BCUT2D eigenvalue weighted by atomic mass is 9.93. The number of nitrogens with zero attached hydrogens (tertiary/aromatic N) is 3. The molecule has 4 N–H and O–H groups in total. The van der Waals surface area contributed by atoms with E-state index in [2.05, 4.69) is 10.4 Å². The molecule has 0 atom stereocenters. The van der Waals surface area contributed by atoms with E-state index in [4.69, 9.17) is 10.5 Å². The van der Waals surface area contributed by atoms with Crippen LogP contribution in [0.3, 0.4) is 0 Å². The normalized spacial score (nSPS) is 16.1. The second-order valence-corrected chi connectivity index (χ2v) is 9.73. The van der Waals surface area contributed by atoms with Crippen LogP contribution < -0.4 is 21.2 Å². The van der Waals surface area contributed by atoms with Gasteiger partial charge < -0.3 is 25.5 Å². The molecule has 9 nitrogen and oxygen atoms in total. The van der Waals surface area contributed by atoms with Crippen molar-refractivity contribution in [3.05, 3.63) is 44.8 Å². The summed E-state index contributed by atoms with van der Waals surface area (Å²) in [4.78, 5) is 24.9. The van der Waals surface area contributed by atoms with E-state index in [0.717, 1.165) is 49.9 Å². The van der Waals surface area contributed by atoms with Crippen molar-refractivity contribution in [3.8, 4) is 5.75 Å². The minimum atomic E-state index is -1.36. The zero-order valence-corrected chi connectivity index (χ0v) is 20.2. The van der Waals surface area contributed by atoms with Crippen LogP contribution in [0.15, 0.2) is 11.0 Å². The van der Waals surface area contributed by atoms with Gasteiger partial charge in [-0.2, -0.15) is 5.10 Å². The summed E-state index contributed by atoms with van der Waals surface area (Å²) in [6.45, 7) is 4.73. The summed E-state index contributed by atoms with van der Waals surface area (Å²) in [5.41, 5.74) is 7.83. The van der Waals surface area contributed by atoms with Crippen molar-refractivity contribution in [2.24, 2.45) is 7.05 Å². The Morgan fingerprint density at radius 3 is 2.69 bits per heavy atom. The molecular formula is C25H30FN5O4. The molecule has 0 unspecified atom stereocenters. The van der Waals surface area contributed by atoms with Gasteiger partial charge in [0.15, 0.2) is 11.6 Å². The third-order valence-electron chi connectivity index (χ3n) is 7.70. The number of aryl methyl sites for hydroxylation is 2. The molecule has 1 aromatic carbocycles. The summed E-state index contributed by atoms with van der Waals surface area (Å²) >= 11 is 0. The second-order valence-electron chi connectivity index (χ2n) is 9.73. The van der Waals surface area contributed by atoms with Crippen LogP contribution in [0.4, 0.5) is 15.8 Å². The molecule has 0 amide bonds. The standard InChI is InChI=1S/C25H30FN5O4/c1-13-15(14(2)30(3)29-13)7-6-10-28-20-18(26)19(27)17-21-23(20)35-12-25(8-4-5-9-25)31(21)11-16(22(17)32)24(33)34/h11,28H,4-10,12,27H2,1-3H3,(H,33,34). The van der Waals surface area contributed by atoms with Crippen molar-refractivity contribution >= 4 is 28.2 Å². The van der Waals surface area contributed by atoms with Crippen molar-refractivity contribution in [2.45, 2.75) is 57.9 Å². The molecule has 35 heavy (non-hydrogen) atoms. The first-order valence-electron chi connectivity index (χ1n) is 12.0. The predicted octanol–water partition coefficient (Wildman–Crippen LogP) is 3.48. The SMILES string of the molecule is Cc1nn(C)c(C)c1CCCNc1c(F)c(N)c2c(=O)c(C(=O)O)cn3c2c1OCC31CCCC1. The van der Waals surface area contributed by atoms with Gasteiger partial charge in [0.2, 0.25) is 5.43 Å². The molecule has 10 heteroatoms. The number of aromatic carboxylic acids is 1. The Balaban J connectivity index is 1.57. The van der Waals surface area contributed by atoms with E-state index >= 15 is 4.39 Å². The predicted molar refractivity (Wildman–Crippen MR) is 131 cm³/mol. The molecule has 0 saturated heterocycles. The number of pyridine rings is 1. The number of carboxylic acid groups (broad SMARTS) is 1. The van der Waals surface area contributed by atoms with Gasteiger partial charge in [-0.15, -0.1) is 0 Å². The number of aromatic nitrogens is 3. The number of carbonyl (C=O) groups is 1. The third kappa shape index (κ3) is 3.45. The molecule has 2 aromatic heterocycles. The lowest BCUT2D eigenvalue weighted by molar-refractivity contribution is 0.0692.